The first kappa shape index (κ1) is 20.9. The molecule has 5 aliphatic carbocycles. The first-order valence-electron chi connectivity index (χ1n) is 11.3. The van der Waals surface area contributed by atoms with Gasteiger partial charge in [-0.05, 0) is 81.1 Å². The van der Waals surface area contributed by atoms with Crippen LogP contribution in [0.2, 0.25) is 0 Å². The lowest BCUT2D eigenvalue weighted by Crippen LogP contribution is -2.59. The van der Waals surface area contributed by atoms with E-state index in [2.05, 4.69) is 10.0 Å². The van der Waals surface area contributed by atoms with Gasteiger partial charge in [-0.2, -0.15) is 0 Å². The Morgan fingerprint density at radius 3 is 2.23 bits per heavy atom. The lowest BCUT2D eigenvalue weighted by atomic mass is 9.54. The van der Waals surface area contributed by atoms with E-state index in [1.807, 2.05) is 0 Å². The molecule has 0 unspecified atom stereocenters. The summed E-state index contributed by atoms with van der Waals surface area (Å²) in [5, 5.41) is 14.5. The van der Waals surface area contributed by atoms with Crippen LogP contribution in [0.4, 0.5) is 5.69 Å². The Labute approximate surface area is 182 Å². The molecule has 1 aromatic rings. The number of rotatable bonds is 7. The van der Waals surface area contributed by atoms with Crippen molar-refractivity contribution in [2.75, 3.05) is 0 Å². The molecule has 4 bridgehead atoms. The number of para-hydroxylation sites is 1. The van der Waals surface area contributed by atoms with Gasteiger partial charge in [-0.15, -0.1) is 0 Å². The molecule has 8 nitrogen and oxygen atoms in total. The van der Waals surface area contributed by atoms with Gasteiger partial charge in [0, 0.05) is 24.1 Å². The highest BCUT2D eigenvalue weighted by atomic mass is 32.2. The second kappa shape index (κ2) is 7.55. The number of nitrogens with one attached hydrogen (secondary N) is 2. The third-order valence-corrected chi connectivity index (χ3v) is 9.69. The molecule has 168 valence electrons. The van der Waals surface area contributed by atoms with Crippen LogP contribution in [0.25, 0.3) is 0 Å². The van der Waals surface area contributed by atoms with Crippen LogP contribution in [0.1, 0.15) is 57.8 Å². The molecule has 0 spiro atoms. The lowest BCUT2D eigenvalue weighted by Gasteiger charge is -2.54. The molecule has 1 aromatic carbocycles. The fourth-order valence-corrected chi connectivity index (χ4v) is 8.43. The monoisotopic (exact) mass is 447 g/mol. The maximum absolute atomic E-state index is 13.0. The van der Waals surface area contributed by atoms with Gasteiger partial charge in [0.1, 0.15) is 0 Å². The van der Waals surface area contributed by atoms with Crippen LogP contribution in [0.3, 0.4) is 0 Å². The van der Waals surface area contributed by atoms with Gasteiger partial charge in [0.25, 0.3) is 5.69 Å². The molecule has 0 aromatic heterocycles. The standard InChI is InChI=1S/C22H29N3O5S/c26-20(23-21-16-9-14-8-15(11-16)12-17(21)10-14)13-22(6-3-7-22)24-31(29,30)19-5-2-1-4-18(19)25(27)28/h1-2,4-5,14-17,21,24H,3,6-13H2,(H,23,26). The highest BCUT2D eigenvalue weighted by Gasteiger charge is 2.49. The van der Waals surface area contributed by atoms with E-state index in [1.165, 1.54) is 56.4 Å². The second-order valence-electron chi connectivity index (χ2n) is 10.2. The summed E-state index contributed by atoms with van der Waals surface area (Å²) in [6.07, 6.45) is 8.18. The molecular formula is C22H29N3O5S. The Bertz CT molecular complexity index is 976. The van der Waals surface area contributed by atoms with E-state index >= 15 is 0 Å². The van der Waals surface area contributed by atoms with Crippen molar-refractivity contribution >= 4 is 21.6 Å². The van der Waals surface area contributed by atoms with E-state index in [0.29, 0.717) is 24.7 Å². The van der Waals surface area contributed by atoms with Crippen LogP contribution in [-0.4, -0.2) is 30.8 Å². The van der Waals surface area contributed by atoms with Gasteiger partial charge in [-0.3, -0.25) is 14.9 Å². The van der Waals surface area contributed by atoms with Gasteiger partial charge in [-0.25, -0.2) is 13.1 Å². The van der Waals surface area contributed by atoms with E-state index in [0.717, 1.165) is 18.3 Å². The summed E-state index contributed by atoms with van der Waals surface area (Å²) >= 11 is 0. The molecule has 9 heteroatoms. The average molecular weight is 448 g/mol. The maximum atomic E-state index is 13.0. The molecule has 5 aliphatic rings. The predicted octanol–water partition coefficient (Wildman–Crippen LogP) is 3.13. The van der Waals surface area contributed by atoms with Crippen molar-refractivity contribution in [3.63, 3.8) is 0 Å². The fraction of sp³-hybridized carbons (Fsp3) is 0.682. The van der Waals surface area contributed by atoms with E-state index in [9.17, 15) is 23.3 Å². The van der Waals surface area contributed by atoms with Crippen molar-refractivity contribution in [1.82, 2.24) is 10.0 Å². The number of benzene rings is 1. The van der Waals surface area contributed by atoms with E-state index < -0.39 is 26.2 Å². The van der Waals surface area contributed by atoms with Crippen LogP contribution < -0.4 is 10.0 Å². The number of hydrogen-bond acceptors (Lipinski definition) is 5. The number of nitro groups is 1. The minimum atomic E-state index is -4.12. The van der Waals surface area contributed by atoms with Crippen molar-refractivity contribution in [2.45, 2.75) is 74.3 Å². The van der Waals surface area contributed by atoms with Crippen molar-refractivity contribution in [3.05, 3.63) is 34.4 Å². The first-order chi connectivity index (χ1) is 14.7. The van der Waals surface area contributed by atoms with Crippen LogP contribution in [0.15, 0.2) is 29.2 Å². The summed E-state index contributed by atoms with van der Waals surface area (Å²) in [6.45, 7) is 0. The van der Waals surface area contributed by atoms with E-state index in [1.54, 1.807) is 0 Å². The number of nitro benzene ring substituents is 1. The minimum absolute atomic E-state index is 0.0790. The number of amides is 1. The Morgan fingerprint density at radius 1 is 1.06 bits per heavy atom. The molecule has 0 saturated heterocycles. The summed E-state index contributed by atoms with van der Waals surface area (Å²) in [4.78, 5) is 23.2. The van der Waals surface area contributed by atoms with Gasteiger partial charge in [0.2, 0.25) is 15.9 Å². The zero-order valence-electron chi connectivity index (χ0n) is 17.5. The van der Waals surface area contributed by atoms with Gasteiger partial charge in [0.15, 0.2) is 4.90 Å². The van der Waals surface area contributed by atoms with Crippen LogP contribution in [-0.2, 0) is 14.8 Å². The van der Waals surface area contributed by atoms with E-state index in [4.69, 9.17) is 0 Å². The Morgan fingerprint density at radius 2 is 1.68 bits per heavy atom. The number of hydrogen-bond donors (Lipinski definition) is 2. The summed E-state index contributed by atoms with van der Waals surface area (Å²) < 4.78 is 28.6. The molecule has 0 aliphatic heterocycles. The maximum Gasteiger partial charge on any atom is 0.289 e. The van der Waals surface area contributed by atoms with Gasteiger partial charge >= 0.3 is 0 Å². The van der Waals surface area contributed by atoms with Gasteiger partial charge in [0.05, 0.1) is 4.92 Å². The number of sulfonamides is 1. The highest BCUT2D eigenvalue weighted by Crippen LogP contribution is 2.53. The third-order valence-electron chi connectivity index (χ3n) is 8.07. The lowest BCUT2D eigenvalue weighted by molar-refractivity contribution is -0.387. The average Bonchev–Trinajstić information content (AvgIpc) is 2.68. The van der Waals surface area contributed by atoms with E-state index in [-0.39, 0.29) is 23.3 Å². The van der Waals surface area contributed by atoms with Gasteiger partial charge in [-0.1, -0.05) is 12.1 Å². The highest BCUT2D eigenvalue weighted by molar-refractivity contribution is 7.89. The third kappa shape index (κ3) is 3.86. The SMILES string of the molecule is O=C(CC1(NS(=O)(=O)c2ccccc2[N+](=O)[O-])CCC1)NC1C2CC3CC(C2)CC1C3. The molecular weight excluding hydrogens is 418 g/mol. The molecule has 0 atom stereocenters. The molecule has 31 heavy (non-hydrogen) atoms. The van der Waals surface area contributed by atoms with Crippen molar-refractivity contribution in [2.24, 2.45) is 23.7 Å². The molecule has 1 amide bonds. The summed E-state index contributed by atoms with van der Waals surface area (Å²) in [7, 11) is -4.12. The van der Waals surface area contributed by atoms with Crippen molar-refractivity contribution < 1.29 is 18.1 Å². The molecule has 0 radical (unpaired) electrons. The second-order valence-corrected chi connectivity index (χ2v) is 11.8. The predicted molar refractivity (Wildman–Crippen MR) is 114 cm³/mol. The fourth-order valence-electron chi connectivity index (χ4n) is 6.80. The van der Waals surface area contributed by atoms with Gasteiger partial charge < -0.3 is 5.32 Å². The van der Waals surface area contributed by atoms with Crippen LogP contribution in [0, 0.1) is 33.8 Å². The largest absolute Gasteiger partial charge is 0.353 e. The molecule has 2 N–H and O–H groups in total. The molecule has 5 saturated carbocycles. The number of nitrogens with zero attached hydrogens (tertiary/aromatic N) is 1. The Balaban J connectivity index is 1.28. The molecule has 5 fully saturated rings. The first-order valence-corrected chi connectivity index (χ1v) is 12.8. The quantitative estimate of drug-likeness (QED) is 0.492. The topological polar surface area (TPSA) is 118 Å². The zero-order chi connectivity index (χ0) is 21.8. The Kier molecular flexibility index (Phi) is 5.08. The van der Waals surface area contributed by atoms with Crippen molar-refractivity contribution in [1.29, 1.82) is 0 Å². The van der Waals surface area contributed by atoms with Crippen LogP contribution >= 0.6 is 0 Å². The summed E-state index contributed by atoms with van der Waals surface area (Å²) in [6, 6.07) is 5.54. The normalized spacial score (nSPS) is 33.0. The molecule has 6 rings (SSSR count). The summed E-state index contributed by atoms with van der Waals surface area (Å²) in [5.41, 5.74) is -1.32. The minimum Gasteiger partial charge on any atom is -0.353 e. The summed E-state index contributed by atoms with van der Waals surface area (Å²) in [5.74, 6) is 2.65. The molecule has 0 heterocycles. The van der Waals surface area contributed by atoms with Crippen molar-refractivity contribution in [3.8, 4) is 0 Å². The van der Waals surface area contributed by atoms with Crippen LogP contribution in [0.5, 0.6) is 0 Å². The zero-order valence-corrected chi connectivity index (χ0v) is 18.3. The number of carbonyl (C=O) groups is 1. The Hall–Kier alpha value is -2.00. The number of carbonyl (C=O) groups excluding carboxylic acids is 1. The smallest absolute Gasteiger partial charge is 0.289 e.